The van der Waals surface area contributed by atoms with Crippen LogP contribution in [0.4, 0.5) is 5.69 Å². The van der Waals surface area contributed by atoms with Crippen molar-refractivity contribution >= 4 is 17.3 Å². The highest BCUT2D eigenvalue weighted by molar-refractivity contribution is 6.03. The van der Waals surface area contributed by atoms with Gasteiger partial charge in [-0.05, 0) is 23.6 Å². The third-order valence-electron chi connectivity index (χ3n) is 3.23. The number of nitrogens with one attached hydrogen (secondary N) is 1. The first-order valence-corrected chi connectivity index (χ1v) is 7.17. The molecule has 1 amide bonds. The van der Waals surface area contributed by atoms with Crippen molar-refractivity contribution in [2.24, 2.45) is 11.0 Å². The molecule has 0 fully saturated rings. The summed E-state index contributed by atoms with van der Waals surface area (Å²) in [5.41, 5.74) is 4.47. The number of nitro groups is 1. The maximum atomic E-state index is 12.1. The zero-order valence-corrected chi connectivity index (χ0v) is 12.9. The maximum absolute atomic E-state index is 12.1. The molecular formula is C17H17N3O3. The van der Waals surface area contributed by atoms with Gasteiger partial charge in [0.2, 0.25) is 0 Å². The molecule has 0 unspecified atom stereocenters. The molecular weight excluding hydrogens is 294 g/mol. The van der Waals surface area contributed by atoms with Crippen LogP contribution in [0.3, 0.4) is 0 Å². The first kappa shape index (κ1) is 16.4. The number of carbonyl (C=O) groups is 1. The standard InChI is InChI=1S/C17H17N3O3/c1-12(2)16(13-6-4-3-5-7-13)18-19-17(21)14-8-10-15(11-9-14)20(22)23/h3-12H,1-2H3,(H,19,21)/b18-16+. The number of hydrogen-bond acceptors (Lipinski definition) is 4. The predicted molar refractivity (Wildman–Crippen MR) is 88.4 cm³/mol. The van der Waals surface area contributed by atoms with Gasteiger partial charge in [-0.1, -0.05) is 44.2 Å². The van der Waals surface area contributed by atoms with Gasteiger partial charge >= 0.3 is 0 Å². The van der Waals surface area contributed by atoms with Crippen LogP contribution >= 0.6 is 0 Å². The van der Waals surface area contributed by atoms with Crippen molar-refractivity contribution in [3.8, 4) is 0 Å². The van der Waals surface area contributed by atoms with E-state index in [-0.39, 0.29) is 11.6 Å². The zero-order chi connectivity index (χ0) is 16.8. The molecule has 1 N–H and O–H groups in total. The molecule has 0 aliphatic heterocycles. The Morgan fingerprint density at radius 2 is 1.65 bits per heavy atom. The summed E-state index contributed by atoms with van der Waals surface area (Å²) in [5.74, 6) is -0.275. The van der Waals surface area contributed by atoms with Crippen LogP contribution in [0.2, 0.25) is 0 Å². The van der Waals surface area contributed by atoms with Gasteiger partial charge in [-0.3, -0.25) is 14.9 Å². The molecule has 0 atom stereocenters. The van der Waals surface area contributed by atoms with Gasteiger partial charge < -0.3 is 0 Å². The molecule has 118 valence electrons. The summed E-state index contributed by atoms with van der Waals surface area (Å²) >= 11 is 0. The van der Waals surface area contributed by atoms with Crippen LogP contribution in [0.25, 0.3) is 0 Å². The Bertz CT molecular complexity index is 723. The van der Waals surface area contributed by atoms with E-state index < -0.39 is 10.8 Å². The number of benzene rings is 2. The van der Waals surface area contributed by atoms with Gasteiger partial charge in [-0.2, -0.15) is 5.10 Å². The van der Waals surface area contributed by atoms with Gasteiger partial charge in [-0.15, -0.1) is 0 Å². The minimum absolute atomic E-state index is 0.0581. The lowest BCUT2D eigenvalue weighted by Gasteiger charge is -2.10. The van der Waals surface area contributed by atoms with E-state index in [9.17, 15) is 14.9 Å². The lowest BCUT2D eigenvalue weighted by molar-refractivity contribution is -0.384. The van der Waals surface area contributed by atoms with Crippen LogP contribution in [-0.2, 0) is 0 Å². The Balaban J connectivity index is 2.16. The number of hydrogen-bond donors (Lipinski definition) is 1. The molecule has 0 radical (unpaired) electrons. The molecule has 23 heavy (non-hydrogen) atoms. The fourth-order valence-corrected chi connectivity index (χ4v) is 2.05. The quantitative estimate of drug-likeness (QED) is 0.522. The van der Waals surface area contributed by atoms with Crippen molar-refractivity contribution in [3.05, 3.63) is 75.8 Å². The van der Waals surface area contributed by atoms with Crippen molar-refractivity contribution < 1.29 is 9.72 Å². The van der Waals surface area contributed by atoms with Crippen molar-refractivity contribution in [1.29, 1.82) is 0 Å². The largest absolute Gasteiger partial charge is 0.271 e. The highest BCUT2D eigenvalue weighted by atomic mass is 16.6. The molecule has 2 aromatic rings. The van der Waals surface area contributed by atoms with Crippen molar-refractivity contribution in [3.63, 3.8) is 0 Å². The molecule has 0 aromatic heterocycles. The van der Waals surface area contributed by atoms with E-state index in [2.05, 4.69) is 10.5 Å². The lowest BCUT2D eigenvalue weighted by atomic mass is 10.0. The number of rotatable bonds is 5. The Hall–Kier alpha value is -3.02. The Labute approximate surface area is 134 Å². The van der Waals surface area contributed by atoms with Crippen LogP contribution in [0.5, 0.6) is 0 Å². The molecule has 0 saturated heterocycles. The summed E-state index contributed by atoms with van der Waals surface area (Å²) in [4.78, 5) is 22.2. The summed E-state index contributed by atoms with van der Waals surface area (Å²) in [7, 11) is 0. The third-order valence-corrected chi connectivity index (χ3v) is 3.23. The van der Waals surface area contributed by atoms with Crippen molar-refractivity contribution in [1.82, 2.24) is 5.43 Å². The second-order valence-corrected chi connectivity index (χ2v) is 5.26. The van der Waals surface area contributed by atoms with Crippen LogP contribution in [0.1, 0.15) is 29.8 Å². The summed E-state index contributed by atoms with van der Waals surface area (Å²) in [6.45, 7) is 3.98. The first-order chi connectivity index (χ1) is 11.0. The fourth-order valence-electron chi connectivity index (χ4n) is 2.05. The van der Waals surface area contributed by atoms with E-state index in [1.165, 1.54) is 24.3 Å². The maximum Gasteiger partial charge on any atom is 0.271 e. The smallest absolute Gasteiger partial charge is 0.267 e. The molecule has 2 aromatic carbocycles. The van der Waals surface area contributed by atoms with Gasteiger partial charge in [0.15, 0.2) is 0 Å². The van der Waals surface area contributed by atoms with E-state index in [1.807, 2.05) is 44.2 Å². The molecule has 0 bridgehead atoms. The van der Waals surface area contributed by atoms with Crippen LogP contribution in [-0.4, -0.2) is 16.5 Å². The molecule has 0 spiro atoms. The minimum Gasteiger partial charge on any atom is -0.267 e. The second kappa shape index (κ2) is 7.31. The van der Waals surface area contributed by atoms with Gasteiger partial charge in [0.05, 0.1) is 10.6 Å². The Kier molecular flexibility index (Phi) is 5.19. The zero-order valence-electron chi connectivity index (χ0n) is 12.9. The Morgan fingerprint density at radius 1 is 1.04 bits per heavy atom. The highest BCUT2D eigenvalue weighted by Gasteiger charge is 2.11. The Morgan fingerprint density at radius 3 is 2.17 bits per heavy atom. The van der Waals surface area contributed by atoms with Gasteiger partial charge in [0.25, 0.3) is 11.6 Å². The van der Waals surface area contributed by atoms with E-state index in [0.717, 1.165) is 11.3 Å². The minimum atomic E-state index is -0.508. The van der Waals surface area contributed by atoms with E-state index in [4.69, 9.17) is 0 Å². The number of nitrogens with zero attached hydrogens (tertiary/aromatic N) is 2. The average Bonchev–Trinajstić information content (AvgIpc) is 2.55. The topological polar surface area (TPSA) is 84.6 Å². The van der Waals surface area contributed by atoms with Crippen molar-refractivity contribution in [2.45, 2.75) is 13.8 Å². The molecule has 0 aliphatic carbocycles. The molecule has 0 saturated carbocycles. The number of nitro benzene ring substituents is 1. The van der Waals surface area contributed by atoms with Gasteiger partial charge in [0, 0.05) is 17.7 Å². The average molecular weight is 311 g/mol. The van der Waals surface area contributed by atoms with Crippen LogP contribution in [0.15, 0.2) is 59.7 Å². The first-order valence-electron chi connectivity index (χ1n) is 7.17. The van der Waals surface area contributed by atoms with Gasteiger partial charge in [-0.25, -0.2) is 5.43 Å². The monoisotopic (exact) mass is 311 g/mol. The van der Waals surface area contributed by atoms with Crippen LogP contribution < -0.4 is 5.43 Å². The molecule has 2 rings (SSSR count). The normalized spacial score (nSPS) is 11.3. The summed E-state index contributed by atoms with van der Waals surface area (Å²) in [5, 5.41) is 14.8. The number of hydrazone groups is 1. The third kappa shape index (κ3) is 4.23. The van der Waals surface area contributed by atoms with E-state index >= 15 is 0 Å². The molecule has 0 aliphatic rings. The molecule has 6 heteroatoms. The second-order valence-electron chi connectivity index (χ2n) is 5.26. The molecule has 6 nitrogen and oxygen atoms in total. The molecule has 0 heterocycles. The summed E-state index contributed by atoms with van der Waals surface area (Å²) in [6, 6.07) is 15.0. The lowest BCUT2D eigenvalue weighted by Crippen LogP contribution is -2.22. The number of carbonyl (C=O) groups excluding carboxylic acids is 1. The van der Waals surface area contributed by atoms with E-state index in [1.54, 1.807) is 0 Å². The SMILES string of the molecule is CC(C)/C(=N\NC(=O)c1ccc([N+](=O)[O-])cc1)c1ccccc1. The number of amides is 1. The summed E-state index contributed by atoms with van der Waals surface area (Å²) < 4.78 is 0. The highest BCUT2D eigenvalue weighted by Crippen LogP contribution is 2.12. The predicted octanol–water partition coefficient (Wildman–Crippen LogP) is 3.38. The van der Waals surface area contributed by atoms with E-state index in [0.29, 0.717) is 5.56 Å². The number of non-ortho nitro benzene ring substituents is 1. The summed E-state index contributed by atoms with van der Waals surface area (Å²) in [6.07, 6.45) is 0. The van der Waals surface area contributed by atoms with Gasteiger partial charge in [0.1, 0.15) is 0 Å². The fraction of sp³-hybridized carbons (Fsp3) is 0.176. The van der Waals surface area contributed by atoms with Crippen molar-refractivity contribution in [2.75, 3.05) is 0 Å². The van der Waals surface area contributed by atoms with Crippen LogP contribution in [0, 0.1) is 16.0 Å².